The third-order valence-electron chi connectivity index (χ3n) is 1.58. The number of hydrogen-bond acceptors (Lipinski definition) is 2. The lowest BCUT2D eigenvalue weighted by atomic mass is 10.1. The van der Waals surface area contributed by atoms with Crippen LogP contribution in [0.25, 0.3) is 0 Å². The second kappa shape index (κ2) is 1.42. The molecule has 0 aromatic rings. The summed E-state index contributed by atoms with van der Waals surface area (Å²) in [6.45, 7) is -0.740. The van der Waals surface area contributed by atoms with Gasteiger partial charge in [-0.25, -0.2) is 8.78 Å². The fourth-order valence-corrected chi connectivity index (χ4v) is 0.663. The summed E-state index contributed by atoms with van der Waals surface area (Å²) in [6.07, 6.45) is -0.493. The third kappa shape index (κ3) is 0.615. The van der Waals surface area contributed by atoms with Gasteiger partial charge in [-0.3, -0.25) is 0 Å². The van der Waals surface area contributed by atoms with Crippen LogP contribution in [0.15, 0.2) is 0 Å². The number of rotatable bonds is 1. The van der Waals surface area contributed by atoms with Gasteiger partial charge in [0.15, 0.2) is 0 Å². The summed E-state index contributed by atoms with van der Waals surface area (Å²) in [7, 11) is 0. The molecule has 0 heterocycles. The van der Waals surface area contributed by atoms with Crippen LogP contribution >= 0.6 is 0 Å². The third-order valence-corrected chi connectivity index (χ3v) is 1.58. The van der Waals surface area contributed by atoms with Gasteiger partial charge in [-0.15, -0.1) is 0 Å². The zero-order valence-electron chi connectivity index (χ0n) is 4.56. The average Bonchev–Trinajstić information content (AvgIpc) is 2.35. The first kappa shape index (κ1) is 6.43. The van der Waals surface area contributed by atoms with E-state index in [9.17, 15) is 8.78 Å². The van der Waals surface area contributed by atoms with E-state index in [1.54, 1.807) is 0 Å². The first-order valence-electron chi connectivity index (χ1n) is 2.48. The van der Waals surface area contributed by atoms with Crippen LogP contribution in [-0.2, 0) is 0 Å². The zero-order valence-corrected chi connectivity index (χ0v) is 4.56. The molecule has 0 aromatic heterocycles. The summed E-state index contributed by atoms with van der Waals surface area (Å²) in [5.74, 6) is -2.95. The van der Waals surface area contributed by atoms with Gasteiger partial charge < -0.3 is 5.11 Å². The topological polar surface area (TPSA) is 44.0 Å². The summed E-state index contributed by atoms with van der Waals surface area (Å²) in [5, 5.41) is 16.4. The Labute approximate surface area is 50.7 Å². The van der Waals surface area contributed by atoms with E-state index in [-0.39, 0.29) is 0 Å². The number of alkyl halides is 2. The Morgan fingerprint density at radius 3 is 2.11 bits per heavy atom. The lowest BCUT2D eigenvalue weighted by Gasteiger charge is -1.98. The maximum atomic E-state index is 12.1. The van der Waals surface area contributed by atoms with Crippen molar-refractivity contribution in [2.75, 3.05) is 6.61 Å². The minimum Gasteiger partial charge on any atom is -0.394 e. The molecular weight excluding hydrogens is 128 g/mol. The molecule has 0 bridgehead atoms. The second-order valence-electron chi connectivity index (χ2n) is 2.23. The number of hydrogen-bond donors (Lipinski definition) is 1. The molecular formula is C5H5F2NO. The molecule has 1 saturated carbocycles. The highest BCUT2D eigenvalue weighted by molar-refractivity contribution is 5.22. The van der Waals surface area contributed by atoms with Gasteiger partial charge in [-0.05, 0) is 0 Å². The Balaban J connectivity index is 2.72. The predicted octanol–water partition coefficient (Wildman–Crippen LogP) is 0.528. The minimum atomic E-state index is -2.95. The van der Waals surface area contributed by atoms with Crippen LogP contribution in [0.2, 0.25) is 0 Å². The molecule has 1 aliphatic carbocycles. The van der Waals surface area contributed by atoms with Crippen molar-refractivity contribution in [2.45, 2.75) is 12.3 Å². The number of aliphatic hydroxyl groups excluding tert-OH is 1. The zero-order chi connectivity index (χ0) is 7.12. The summed E-state index contributed by atoms with van der Waals surface area (Å²) in [4.78, 5) is 0. The SMILES string of the molecule is N#CC1(CO)CC1(F)F. The highest BCUT2D eigenvalue weighted by Crippen LogP contribution is 2.59. The van der Waals surface area contributed by atoms with E-state index in [0.29, 0.717) is 0 Å². The largest absolute Gasteiger partial charge is 0.394 e. The Morgan fingerprint density at radius 1 is 1.67 bits per heavy atom. The van der Waals surface area contributed by atoms with Crippen LogP contribution in [0, 0.1) is 16.7 Å². The fraction of sp³-hybridized carbons (Fsp3) is 0.800. The molecule has 1 N–H and O–H groups in total. The van der Waals surface area contributed by atoms with Crippen LogP contribution in [0.5, 0.6) is 0 Å². The Bertz CT molecular complexity index is 174. The maximum Gasteiger partial charge on any atom is 0.270 e. The Kier molecular flexibility index (Phi) is 1.02. The molecule has 4 heteroatoms. The van der Waals surface area contributed by atoms with Crippen LogP contribution < -0.4 is 0 Å². The molecule has 2 nitrogen and oxygen atoms in total. The fourth-order valence-electron chi connectivity index (χ4n) is 0.663. The summed E-state index contributed by atoms with van der Waals surface area (Å²) >= 11 is 0. The van der Waals surface area contributed by atoms with E-state index in [1.807, 2.05) is 0 Å². The summed E-state index contributed by atoms with van der Waals surface area (Å²) < 4.78 is 24.1. The van der Waals surface area contributed by atoms with Gasteiger partial charge in [0.1, 0.15) is 5.41 Å². The number of nitrogens with zero attached hydrogens (tertiary/aromatic N) is 1. The average molecular weight is 133 g/mol. The standard InChI is InChI=1S/C5H5F2NO/c6-5(7)1-4(5,2-8)3-9/h9H,1,3H2. The predicted molar refractivity (Wildman–Crippen MR) is 24.7 cm³/mol. The molecule has 1 rings (SSSR count). The van der Waals surface area contributed by atoms with Gasteiger partial charge >= 0.3 is 0 Å². The van der Waals surface area contributed by atoms with Crippen LogP contribution in [-0.4, -0.2) is 17.6 Å². The summed E-state index contributed by atoms with van der Waals surface area (Å²) in [6, 6.07) is 1.39. The van der Waals surface area contributed by atoms with Crippen molar-refractivity contribution in [1.82, 2.24) is 0 Å². The van der Waals surface area contributed by atoms with Gasteiger partial charge in [-0.1, -0.05) is 0 Å². The normalized spacial score (nSPS) is 37.6. The van der Waals surface area contributed by atoms with Crippen molar-refractivity contribution in [3.05, 3.63) is 0 Å². The van der Waals surface area contributed by atoms with E-state index >= 15 is 0 Å². The molecule has 1 unspecified atom stereocenters. The second-order valence-corrected chi connectivity index (χ2v) is 2.23. The van der Waals surface area contributed by atoms with E-state index < -0.39 is 24.4 Å². The van der Waals surface area contributed by atoms with Crippen molar-refractivity contribution in [3.8, 4) is 6.07 Å². The molecule has 1 atom stereocenters. The highest BCUT2D eigenvalue weighted by Gasteiger charge is 2.72. The number of nitriles is 1. The molecule has 0 radical (unpaired) electrons. The minimum absolute atomic E-state index is 0.493. The molecule has 0 aromatic carbocycles. The quantitative estimate of drug-likeness (QED) is 0.567. The van der Waals surface area contributed by atoms with Crippen LogP contribution in [0.1, 0.15) is 6.42 Å². The van der Waals surface area contributed by atoms with E-state index in [4.69, 9.17) is 10.4 Å². The van der Waals surface area contributed by atoms with Crippen molar-refractivity contribution < 1.29 is 13.9 Å². The maximum absolute atomic E-state index is 12.1. The van der Waals surface area contributed by atoms with Gasteiger partial charge in [-0.2, -0.15) is 5.26 Å². The lowest BCUT2D eigenvalue weighted by Crippen LogP contribution is -2.12. The van der Waals surface area contributed by atoms with Gasteiger partial charge in [0.2, 0.25) is 0 Å². The molecule has 0 spiro atoms. The molecule has 0 amide bonds. The number of halogens is 2. The first-order valence-corrected chi connectivity index (χ1v) is 2.48. The molecule has 1 aliphatic rings. The smallest absolute Gasteiger partial charge is 0.270 e. The molecule has 1 fully saturated rings. The Morgan fingerprint density at radius 2 is 2.11 bits per heavy atom. The van der Waals surface area contributed by atoms with E-state index in [1.165, 1.54) is 6.07 Å². The molecule has 0 aliphatic heterocycles. The molecule has 9 heavy (non-hydrogen) atoms. The lowest BCUT2D eigenvalue weighted by molar-refractivity contribution is 0.0593. The van der Waals surface area contributed by atoms with Crippen molar-refractivity contribution >= 4 is 0 Å². The van der Waals surface area contributed by atoms with Crippen molar-refractivity contribution in [1.29, 1.82) is 5.26 Å². The Hall–Kier alpha value is -0.690. The van der Waals surface area contributed by atoms with E-state index in [2.05, 4.69) is 0 Å². The monoisotopic (exact) mass is 133 g/mol. The molecule has 50 valence electrons. The molecule has 0 saturated heterocycles. The van der Waals surface area contributed by atoms with Gasteiger partial charge in [0.25, 0.3) is 5.92 Å². The van der Waals surface area contributed by atoms with Crippen molar-refractivity contribution in [2.24, 2.45) is 5.41 Å². The van der Waals surface area contributed by atoms with E-state index in [0.717, 1.165) is 0 Å². The van der Waals surface area contributed by atoms with Gasteiger partial charge in [0.05, 0.1) is 12.7 Å². The number of aliphatic hydroxyl groups is 1. The first-order chi connectivity index (χ1) is 4.08. The van der Waals surface area contributed by atoms with Gasteiger partial charge in [0, 0.05) is 6.42 Å². The van der Waals surface area contributed by atoms with Crippen molar-refractivity contribution in [3.63, 3.8) is 0 Å². The summed E-state index contributed by atoms with van der Waals surface area (Å²) in [5.41, 5.74) is -1.74. The van der Waals surface area contributed by atoms with Crippen LogP contribution in [0.4, 0.5) is 8.78 Å². The highest BCUT2D eigenvalue weighted by atomic mass is 19.3. The van der Waals surface area contributed by atoms with Crippen LogP contribution in [0.3, 0.4) is 0 Å².